The summed E-state index contributed by atoms with van der Waals surface area (Å²) < 4.78 is 0. The molecule has 0 radical (unpaired) electrons. The number of hydrazine groups is 1. The van der Waals surface area contributed by atoms with Gasteiger partial charge in [-0.05, 0) is 36.8 Å². The molecule has 2 aromatic carbocycles. The van der Waals surface area contributed by atoms with Gasteiger partial charge < -0.3 is 5.32 Å². The van der Waals surface area contributed by atoms with Gasteiger partial charge in [-0.3, -0.25) is 10.00 Å². The van der Waals surface area contributed by atoms with E-state index in [9.17, 15) is 0 Å². The Kier molecular flexibility index (Phi) is 4.58. The lowest BCUT2D eigenvalue weighted by Gasteiger charge is -2.27. The van der Waals surface area contributed by atoms with E-state index in [4.69, 9.17) is 0 Å². The lowest BCUT2D eigenvalue weighted by molar-refractivity contribution is -0.618. The minimum Gasteiger partial charge on any atom is -0.314 e. The first-order valence-corrected chi connectivity index (χ1v) is 9.84. The van der Waals surface area contributed by atoms with Gasteiger partial charge >= 0.3 is 0 Å². The van der Waals surface area contributed by atoms with E-state index < -0.39 is 0 Å². The first-order valence-electron chi connectivity index (χ1n) is 9.84. The highest BCUT2D eigenvalue weighted by molar-refractivity contribution is 5.89. The van der Waals surface area contributed by atoms with E-state index >= 15 is 0 Å². The fraction of sp³-hybridized carbons (Fsp3) is 0.286. The zero-order valence-corrected chi connectivity index (χ0v) is 16.1. The number of hydrogen-bond acceptors (Lipinski definition) is 5. The van der Waals surface area contributed by atoms with Crippen molar-refractivity contribution in [1.29, 1.82) is 0 Å². The second-order valence-electron chi connectivity index (χ2n) is 7.54. The van der Waals surface area contributed by atoms with Crippen LogP contribution in [0.3, 0.4) is 0 Å². The van der Waals surface area contributed by atoms with E-state index in [1.165, 1.54) is 11.1 Å². The predicted molar refractivity (Wildman–Crippen MR) is 111 cm³/mol. The molecule has 1 aromatic heterocycles. The van der Waals surface area contributed by atoms with Gasteiger partial charge in [0.15, 0.2) is 11.4 Å². The molecule has 2 aliphatic heterocycles. The minimum absolute atomic E-state index is 0.976. The molecule has 3 heterocycles. The van der Waals surface area contributed by atoms with Gasteiger partial charge in [0.25, 0.3) is 0 Å². The van der Waals surface area contributed by atoms with Gasteiger partial charge in [-0.15, -0.1) is 0 Å². The van der Waals surface area contributed by atoms with E-state index in [1.54, 1.807) is 0 Å². The molecule has 2 aliphatic rings. The van der Waals surface area contributed by atoms with Crippen molar-refractivity contribution in [3.8, 4) is 0 Å². The summed E-state index contributed by atoms with van der Waals surface area (Å²) >= 11 is 0. The van der Waals surface area contributed by atoms with E-state index in [1.807, 2.05) is 10.4 Å². The molecular formula is C21H26N7+. The normalized spacial score (nSPS) is 18.0. The third kappa shape index (κ3) is 3.41. The molecular weight excluding hydrogens is 350 g/mol. The van der Waals surface area contributed by atoms with Gasteiger partial charge in [-0.2, -0.15) is 5.10 Å². The number of quaternary nitrogens is 1. The molecule has 1 fully saturated rings. The van der Waals surface area contributed by atoms with Gasteiger partial charge in [-0.25, -0.2) is 10.4 Å². The number of rotatable bonds is 4. The molecule has 0 atom stereocenters. The van der Waals surface area contributed by atoms with Crippen molar-refractivity contribution in [3.05, 3.63) is 65.5 Å². The first kappa shape index (κ1) is 17.4. The van der Waals surface area contributed by atoms with Crippen LogP contribution in [0.5, 0.6) is 0 Å². The van der Waals surface area contributed by atoms with Crippen molar-refractivity contribution in [2.45, 2.75) is 13.5 Å². The summed E-state index contributed by atoms with van der Waals surface area (Å²) in [6.07, 6.45) is 2.10. The molecule has 3 aromatic rings. The van der Waals surface area contributed by atoms with Crippen LogP contribution in [0.1, 0.15) is 16.8 Å². The number of nitrogens with two attached hydrogens (primary N) is 1. The van der Waals surface area contributed by atoms with Crippen molar-refractivity contribution < 1.29 is 5.43 Å². The quantitative estimate of drug-likeness (QED) is 0.513. The van der Waals surface area contributed by atoms with Crippen molar-refractivity contribution >= 4 is 22.3 Å². The van der Waals surface area contributed by atoms with Crippen molar-refractivity contribution in [2.75, 3.05) is 31.2 Å². The zero-order valence-electron chi connectivity index (χ0n) is 16.1. The summed E-state index contributed by atoms with van der Waals surface area (Å²) in [5, 5.41) is 14.2. The van der Waals surface area contributed by atoms with Crippen LogP contribution in [0.25, 0.3) is 16.6 Å². The van der Waals surface area contributed by atoms with E-state index in [0.29, 0.717) is 0 Å². The average Bonchev–Trinajstić information content (AvgIpc) is 3.36. The standard InChI is InChI=1S/C21H25N7/c1-15-2-7-19-18(12-15)21(25-23-19)20-14-28(26-24-20)17-5-3-16(4-6-17)13-27-10-8-22-9-11-27/h2-7,12,14,22,24,26H,8-11,13H2,1H3,(H,23,25)/p+1. The van der Waals surface area contributed by atoms with Gasteiger partial charge in [0.1, 0.15) is 0 Å². The molecule has 5 rings (SSSR count). The second kappa shape index (κ2) is 7.37. The molecule has 1 saturated heterocycles. The Labute approximate surface area is 164 Å². The first-order chi connectivity index (χ1) is 13.8. The third-order valence-electron chi connectivity index (χ3n) is 5.45. The summed E-state index contributed by atoms with van der Waals surface area (Å²) in [5.41, 5.74) is 12.2. The molecule has 5 N–H and O–H groups in total. The largest absolute Gasteiger partial charge is 0.314 e. The number of H-pyrrole nitrogens is 1. The second-order valence-corrected chi connectivity index (χ2v) is 7.54. The molecule has 0 bridgehead atoms. The number of aryl methyl sites for hydroxylation is 1. The fourth-order valence-corrected chi connectivity index (χ4v) is 3.87. The number of aromatic amines is 1. The number of piperazine rings is 1. The van der Waals surface area contributed by atoms with Gasteiger partial charge in [0, 0.05) is 38.1 Å². The lowest BCUT2D eigenvalue weighted by Crippen LogP contribution is -2.90. The molecule has 144 valence electrons. The number of nitrogens with zero attached hydrogens (tertiary/aromatic N) is 3. The summed E-state index contributed by atoms with van der Waals surface area (Å²) in [5.74, 6) is 0. The molecule has 7 heteroatoms. The van der Waals surface area contributed by atoms with Crippen molar-refractivity contribution in [3.63, 3.8) is 0 Å². The Morgan fingerprint density at radius 3 is 2.71 bits per heavy atom. The van der Waals surface area contributed by atoms with Gasteiger partial charge in [0.2, 0.25) is 0 Å². The van der Waals surface area contributed by atoms with Crippen LogP contribution >= 0.6 is 0 Å². The van der Waals surface area contributed by atoms with Crippen LogP contribution in [-0.2, 0) is 6.54 Å². The summed E-state index contributed by atoms with van der Waals surface area (Å²) in [6, 6.07) is 15.1. The Bertz CT molecular complexity index is 999. The zero-order chi connectivity index (χ0) is 18.9. The maximum absolute atomic E-state index is 4.52. The molecule has 7 nitrogen and oxygen atoms in total. The average molecular weight is 376 g/mol. The Hall–Kier alpha value is -2.71. The smallest absolute Gasteiger partial charge is 0.196 e. The van der Waals surface area contributed by atoms with E-state index in [-0.39, 0.29) is 0 Å². The Balaban J connectivity index is 1.33. The van der Waals surface area contributed by atoms with E-state index in [2.05, 4.69) is 81.5 Å². The lowest BCUT2D eigenvalue weighted by atomic mass is 10.1. The van der Waals surface area contributed by atoms with Crippen molar-refractivity contribution in [2.24, 2.45) is 0 Å². The van der Waals surface area contributed by atoms with Crippen LogP contribution in [0.2, 0.25) is 0 Å². The Morgan fingerprint density at radius 1 is 1.07 bits per heavy atom. The molecule has 0 aliphatic carbocycles. The number of nitrogens with one attached hydrogen (secondary N) is 3. The van der Waals surface area contributed by atoms with Gasteiger partial charge in [-0.1, -0.05) is 29.3 Å². The SMILES string of the molecule is Cc1ccc2[nH]nc(C3=CN(c4ccc(CN5CCNCC5)cc4)N[NH2+]3)c2c1. The molecule has 28 heavy (non-hydrogen) atoms. The number of benzene rings is 2. The number of anilines is 1. The van der Waals surface area contributed by atoms with Crippen LogP contribution in [0.15, 0.2) is 48.7 Å². The maximum Gasteiger partial charge on any atom is 0.196 e. The predicted octanol–water partition coefficient (Wildman–Crippen LogP) is 1.08. The molecule has 0 saturated carbocycles. The Morgan fingerprint density at radius 2 is 1.89 bits per heavy atom. The van der Waals surface area contributed by atoms with Crippen LogP contribution in [0, 0.1) is 6.92 Å². The number of fused-ring (bicyclic) bond motifs is 1. The van der Waals surface area contributed by atoms with Crippen LogP contribution in [-0.4, -0.2) is 41.3 Å². The van der Waals surface area contributed by atoms with E-state index in [0.717, 1.165) is 60.7 Å². The highest BCUT2D eigenvalue weighted by Crippen LogP contribution is 2.23. The van der Waals surface area contributed by atoms with Crippen LogP contribution < -0.4 is 21.3 Å². The summed E-state index contributed by atoms with van der Waals surface area (Å²) in [7, 11) is 0. The third-order valence-corrected chi connectivity index (χ3v) is 5.45. The molecule has 0 amide bonds. The number of aromatic nitrogens is 2. The number of hydrogen-bond donors (Lipinski definition) is 4. The summed E-state index contributed by atoms with van der Waals surface area (Å²) in [6.45, 7) is 7.53. The summed E-state index contributed by atoms with van der Waals surface area (Å²) in [4.78, 5) is 2.50. The molecule has 0 spiro atoms. The highest BCUT2D eigenvalue weighted by Gasteiger charge is 2.23. The van der Waals surface area contributed by atoms with Gasteiger partial charge in [0.05, 0.1) is 17.4 Å². The molecule has 0 unspecified atom stereocenters. The topological polar surface area (TPSA) is 75.8 Å². The van der Waals surface area contributed by atoms with Crippen LogP contribution in [0.4, 0.5) is 5.69 Å². The monoisotopic (exact) mass is 376 g/mol. The highest BCUT2D eigenvalue weighted by atomic mass is 15.7. The minimum atomic E-state index is 0.976. The van der Waals surface area contributed by atoms with Crippen molar-refractivity contribution in [1.82, 2.24) is 25.9 Å². The maximum atomic E-state index is 4.52. The fourth-order valence-electron chi connectivity index (χ4n) is 3.87.